The van der Waals surface area contributed by atoms with Crippen LogP contribution in [0.5, 0.6) is 5.75 Å². The van der Waals surface area contributed by atoms with Gasteiger partial charge in [-0.3, -0.25) is 9.10 Å². The number of methoxy groups -OCH3 is 1. The molecule has 154 valence electrons. The van der Waals surface area contributed by atoms with E-state index in [1.165, 1.54) is 26.3 Å². The fraction of sp³-hybridized carbons (Fsp3) is 0.143. The third-order valence-electron chi connectivity index (χ3n) is 4.92. The maximum atomic E-state index is 13.3. The van der Waals surface area contributed by atoms with Gasteiger partial charge in [-0.05, 0) is 61.0 Å². The lowest BCUT2D eigenvalue weighted by molar-refractivity contribution is 0.415. The van der Waals surface area contributed by atoms with Crippen molar-refractivity contribution in [3.63, 3.8) is 0 Å². The molecule has 0 amide bonds. The molecular formula is C21H18ClN3O4S. The van der Waals surface area contributed by atoms with Crippen molar-refractivity contribution >= 4 is 43.9 Å². The Labute approximate surface area is 178 Å². The Morgan fingerprint density at radius 1 is 1.10 bits per heavy atom. The minimum absolute atomic E-state index is 0.0165. The standard InChI is InChI=1S/C21H18ClN3O4S/c1-13-8-9-25-18-12-17(22)19(11-16(18)21(26)23-20(25)10-13)30(27,28)24(2)14-4-6-15(29-3)7-5-14/h4-12H,1-3H3. The fourth-order valence-electron chi connectivity index (χ4n) is 3.23. The van der Waals surface area contributed by atoms with Gasteiger partial charge in [0.05, 0.1) is 28.7 Å². The van der Waals surface area contributed by atoms with Gasteiger partial charge in [0.15, 0.2) is 0 Å². The molecule has 0 bridgehead atoms. The first kappa shape index (κ1) is 20.2. The molecule has 2 aromatic carbocycles. The number of hydrogen-bond acceptors (Lipinski definition) is 5. The number of aromatic nitrogens is 2. The zero-order valence-electron chi connectivity index (χ0n) is 16.5. The van der Waals surface area contributed by atoms with E-state index >= 15 is 0 Å². The first-order chi connectivity index (χ1) is 14.2. The average molecular weight is 444 g/mol. The summed E-state index contributed by atoms with van der Waals surface area (Å²) in [6, 6.07) is 13.0. The number of pyridine rings is 1. The van der Waals surface area contributed by atoms with Crippen LogP contribution in [-0.4, -0.2) is 32.0 Å². The number of halogens is 1. The second-order valence-electron chi connectivity index (χ2n) is 6.82. The van der Waals surface area contributed by atoms with Crippen molar-refractivity contribution in [2.24, 2.45) is 0 Å². The van der Waals surface area contributed by atoms with Crippen LogP contribution < -0.4 is 14.6 Å². The van der Waals surface area contributed by atoms with E-state index in [2.05, 4.69) is 4.98 Å². The van der Waals surface area contributed by atoms with Crippen LogP contribution in [0.4, 0.5) is 5.69 Å². The minimum atomic E-state index is -4.03. The van der Waals surface area contributed by atoms with Crippen LogP contribution in [0, 0.1) is 6.92 Å². The van der Waals surface area contributed by atoms with Crippen molar-refractivity contribution in [1.29, 1.82) is 0 Å². The predicted octanol–water partition coefficient (Wildman–Crippen LogP) is 3.64. The third-order valence-corrected chi connectivity index (χ3v) is 7.17. The van der Waals surface area contributed by atoms with Crippen molar-refractivity contribution in [1.82, 2.24) is 9.38 Å². The molecule has 2 aromatic heterocycles. The zero-order chi connectivity index (χ0) is 21.6. The molecule has 9 heteroatoms. The third kappa shape index (κ3) is 3.28. The summed E-state index contributed by atoms with van der Waals surface area (Å²) in [5.74, 6) is 0.606. The molecule has 0 aliphatic heterocycles. The fourth-order valence-corrected chi connectivity index (χ4v) is 4.95. The van der Waals surface area contributed by atoms with Crippen LogP contribution in [0.1, 0.15) is 5.56 Å². The molecule has 0 atom stereocenters. The molecule has 0 fully saturated rings. The van der Waals surface area contributed by atoms with Gasteiger partial charge >= 0.3 is 0 Å². The number of sulfonamides is 1. The van der Waals surface area contributed by atoms with E-state index in [-0.39, 0.29) is 15.3 Å². The number of ether oxygens (including phenoxy) is 1. The second-order valence-corrected chi connectivity index (χ2v) is 9.16. The van der Waals surface area contributed by atoms with Crippen LogP contribution in [0.2, 0.25) is 5.02 Å². The van der Waals surface area contributed by atoms with E-state index in [4.69, 9.17) is 16.3 Å². The number of hydrogen-bond donors (Lipinski definition) is 0. The monoisotopic (exact) mass is 443 g/mol. The normalized spacial score (nSPS) is 11.7. The molecule has 0 aliphatic carbocycles. The predicted molar refractivity (Wildman–Crippen MR) is 117 cm³/mol. The van der Waals surface area contributed by atoms with E-state index < -0.39 is 15.6 Å². The Morgan fingerprint density at radius 3 is 2.47 bits per heavy atom. The Hall–Kier alpha value is -3.10. The highest BCUT2D eigenvalue weighted by molar-refractivity contribution is 7.93. The first-order valence-electron chi connectivity index (χ1n) is 8.97. The molecule has 4 aromatic rings. The van der Waals surface area contributed by atoms with Crippen LogP contribution in [0.3, 0.4) is 0 Å². The largest absolute Gasteiger partial charge is 0.497 e. The molecular weight excluding hydrogens is 426 g/mol. The van der Waals surface area contributed by atoms with Crippen molar-refractivity contribution in [3.8, 4) is 5.75 Å². The summed E-state index contributed by atoms with van der Waals surface area (Å²) in [6.07, 6.45) is 1.77. The highest BCUT2D eigenvalue weighted by atomic mass is 35.5. The van der Waals surface area contributed by atoms with Crippen molar-refractivity contribution in [3.05, 3.63) is 75.7 Å². The molecule has 0 radical (unpaired) electrons. The summed E-state index contributed by atoms with van der Waals surface area (Å²) in [5.41, 5.74) is 1.81. The summed E-state index contributed by atoms with van der Waals surface area (Å²) in [4.78, 5) is 16.5. The molecule has 0 aliphatic rings. The van der Waals surface area contributed by atoms with Gasteiger partial charge in [0.25, 0.3) is 15.6 Å². The Kier molecular flexibility index (Phi) is 4.91. The Morgan fingerprint density at radius 2 is 1.80 bits per heavy atom. The van der Waals surface area contributed by atoms with E-state index in [0.29, 0.717) is 22.6 Å². The van der Waals surface area contributed by atoms with E-state index in [0.717, 1.165) is 9.87 Å². The maximum absolute atomic E-state index is 13.3. The van der Waals surface area contributed by atoms with E-state index in [1.54, 1.807) is 40.9 Å². The molecule has 7 nitrogen and oxygen atoms in total. The quantitative estimate of drug-likeness (QED) is 0.450. The van der Waals surface area contributed by atoms with E-state index in [1.807, 2.05) is 13.0 Å². The summed E-state index contributed by atoms with van der Waals surface area (Å²) in [5, 5.41) is 0.185. The van der Waals surface area contributed by atoms with Gasteiger partial charge in [-0.15, -0.1) is 0 Å². The summed E-state index contributed by atoms with van der Waals surface area (Å²) < 4.78 is 34.4. The SMILES string of the molecule is COc1ccc(N(C)S(=O)(=O)c2cc3c(=O)nc4cc(C)ccn4c3cc2Cl)cc1. The summed E-state index contributed by atoms with van der Waals surface area (Å²) >= 11 is 6.39. The van der Waals surface area contributed by atoms with Crippen molar-refractivity contribution < 1.29 is 13.2 Å². The number of nitrogens with zero attached hydrogens (tertiary/aromatic N) is 3. The van der Waals surface area contributed by atoms with Gasteiger partial charge < -0.3 is 9.14 Å². The van der Waals surface area contributed by atoms with Gasteiger partial charge in [0.2, 0.25) is 0 Å². The molecule has 0 saturated carbocycles. The average Bonchev–Trinajstić information content (AvgIpc) is 2.72. The molecule has 0 N–H and O–H groups in total. The van der Waals surface area contributed by atoms with Gasteiger partial charge in [-0.25, -0.2) is 8.42 Å². The Balaban J connectivity index is 1.90. The van der Waals surface area contributed by atoms with Crippen molar-refractivity contribution in [2.45, 2.75) is 11.8 Å². The van der Waals surface area contributed by atoms with Crippen LogP contribution in [0.15, 0.2) is 64.4 Å². The molecule has 0 spiro atoms. The molecule has 2 heterocycles. The lowest BCUT2D eigenvalue weighted by Gasteiger charge is -2.21. The summed E-state index contributed by atoms with van der Waals surface area (Å²) in [6.45, 7) is 1.90. The lowest BCUT2D eigenvalue weighted by atomic mass is 10.2. The highest BCUT2D eigenvalue weighted by Crippen LogP contribution is 2.31. The number of anilines is 1. The highest BCUT2D eigenvalue weighted by Gasteiger charge is 2.26. The van der Waals surface area contributed by atoms with Crippen LogP contribution >= 0.6 is 11.6 Å². The second kappa shape index (κ2) is 7.30. The number of aryl methyl sites for hydroxylation is 1. The molecule has 0 saturated heterocycles. The van der Waals surface area contributed by atoms with Crippen LogP contribution in [0.25, 0.3) is 16.6 Å². The Bertz CT molecular complexity index is 1450. The molecule has 0 unspecified atom stereocenters. The van der Waals surface area contributed by atoms with Gasteiger partial charge in [-0.2, -0.15) is 4.98 Å². The lowest BCUT2D eigenvalue weighted by Crippen LogP contribution is -2.27. The smallest absolute Gasteiger partial charge is 0.281 e. The minimum Gasteiger partial charge on any atom is -0.497 e. The van der Waals surface area contributed by atoms with Gasteiger partial charge in [0.1, 0.15) is 16.3 Å². The van der Waals surface area contributed by atoms with Crippen LogP contribution in [-0.2, 0) is 10.0 Å². The summed E-state index contributed by atoms with van der Waals surface area (Å²) in [7, 11) is -1.07. The van der Waals surface area contributed by atoms with E-state index in [9.17, 15) is 13.2 Å². The molecule has 4 rings (SSSR count). The van der Waals surface area contributed by atoms with Crippen molar-refractivity contribution in [2.75, 3.05) is 18.5 Å². The zero-order valence-corrected chi connectivity index (χ0v) is 18.0. The van der Waals surface area contributed by atoms with Gasteiger partial charge in [0, 0.05) is 13.2 Å². The maximum Gasteiger partial charge on any atom is 0.281 e. The number of rotatable bonds is 4. The molecule has 30 heavy (non-hydrogen) atoms. The van der Waals surface area contributed by atoms with Gasteiger partial charge in [-0.1, -0.05) is 11.6 Å². The number of benzene rings is 2. The topological polar surface area (TPSA) is 81.0 Å². The first-order valence-corrected chi connectivity index (χ1v) is 10.8. The number of fused-ring (bicyclic) bond motifs is 3.